The Morgan fingerprint density at radius 1 is 1.50 bits per heavy atom. The highest BCUT2D eigenvalue weighted by Crippen LogP contribution is 2.27. The lowest BCUT2D eigenvalue weighted by Crippen LogP contribution is -2.48. The largest absolute Gasteiger partial charge is 0.475 e. The number of nitrogens with zero attached hydrogens (tertiary/aromatic N) is 4. The minimum Gasteiger partial charge on any atom is -0.475 e. The van der Waals surface area contributed by atoms with Crippen LogP contribution in [0, 0.1) is 5.92 Å². The lowest BCUT2D eigenvalue weighted by Gasteiger charge is -2.35. The van der Waals surface area contributed by atoms with Gasteiger partial charge in [-0.1, -0.05) is 6.08 Å². The molecule has 0 N–H and O–H groups in total. The van der Waals surface area contributed by atoms with Gasteiger partial charge in [0, 0.05) is 32.1 Å². The molecule has 0 unspecified atom stereocenters. The molecule has 0 atom stereocenters. The summed E-state index contributed by atoms with van der Waals surface area (Å²) in [4.78, 5) is 14.5. The number of rotatable bonds is 5. The van der Waals surface area contributed by atoms with Crippen LogP contribution in [0.15, 0.2) is 6.08 Å². The number of amides is 1. The van der Waals surface area contributed by atoms with E-state index in [1.807, 2.05) is 0 Å². The van der Waals surface area contributed by atoms with Crippen LogP contribution in [0.5, 0.6) is 5.88 Å². The number of carbonyl (C=O) groups excluding carboxylic acids is 1. The summed E-state index contributed by atoms with van der Waals surface area (Å²) in [6.07, 6.45) is 4.15. The van der Waals surface area contributed by atoms with Crippen molar-refractivity contribution in [1.82, 2.24) is 18.5 Å². The Morgan fingerprint density at radius 2 is 2.35 bits per heavy atom. The fourth-order valence-electron chi connectivity index (χ4n) is 2.53. The molecule has 1 aromatic heterocycles. The molecule has 3 rings (SSSR count). The Bertz CT molecular complexity index is 510. The van der Waals surface area contributed by atoms with Gasteiger partial charge in [0.15, 0.2) is 0 Å². The van der Waals surface area contributed by atoms with Crippen molar-refractivity contribution >= 4 is 23.7 Å². The van der Waals surface area contributed by atoms with Crippen molar-refractivity contribution in [2.24, 2.45) is 5.92 Å². The zero-order valence-electron chi connectivity index (χ0n) is 11.5. The number of carbonyl (C=O) groups is 1. The second kappa shape index (κ2) is 5.88. The van der Waals surface area contributed by atoms with E-state index in [-0.39, 0.29) is 0 Å². The van der Waals surface area contributed by atoms with Gasteiger partial charge in [-0.2, -0.15) is 4.37 Å². The molecule has 0 aliphatic carbocycles. The minimum absolute atomic E-state index is 0.415. The van der Waals surface area contributed by atoms with Gasteiger partial charge in [-0.25, -0.2) is 0 Å². The van der Waals surface area contributed by atoms with Crippen LogP contribution in [-0.2, 0) is 4.79 Å². The van der Waals surface area contributed by atoms with Gasteiger partial charge >= 0.3 is 0 Å². The Morgan fingerprint density at radius 3 is 3.10 bits per heavy atom. The van der Waals surface area contributed by atoms with E-state index in [1.165, 1.54) is 17.3 Å². The van der Waals surface area contributed by atoms with E-state index >= 15 is 0 Å². The number of hydrogen-bond acceptors (Lipinski definition) is 6. The molecule has 0 bridgehead atoms. The maximum Gasteiger partial charge on any atom is 0.253 e. The van der Waals surface area contributed by atoms with Gasteiger partial charge in [0.1, 0.15) is 5.69 Å². The van der Waals surface area contributed by atoms with E-state index in [2.05, 4.69) is 26.8 Å². The fourth-order valence-corrected chi connectivity index (χ4v) is 3.07. The molecule has 0 saturated carbocycles. The Kier molecular flexibility index (Phi) is 3.98. The molecule has 2 aliphatic rings. The second-order valence-corrected chi connectivity index (χ2v) is 5.94. The lowest BCUT2D eigenvalue weighted by atomic mass is 10.0. The van der Waals surface area contributed by atoms with E-state index in [0.717, 1.165) is 44.7 Å². The Hall–Kier alpha value is -1.47. The number of aromatic nitrogens is 2. The number of likely N-dealkylation sites (tertiary alicyclic amines) is 1. The lowest BCUT2D eigenvalue weighted by molar-refractivity contribution is -0.124. The molecule has 6 nitrogen and oxygen atoms in total. The summed E-state index contributed by atoms with van der Waals surface area (Å²) in [6, 6.07) is 0. The quantitative estimate of drug-likeness (QED) is 0.749. The Labute approximate surface area is 122 Å². The summed E-state index contributed by atoms with van der Waals surface area (Å²) in [7, 11) is 2.11. The van der Waals surface area contributed by atoms with Gasteiger partial charge in [-0.05, 0) is 19.0 Å². The molecule has 3 heterocycles. The first-order valence-corrected chi connectivity index (χ1v) is 7.52. The third-order valence-electron chi connectivity index (χ3n) is 3.69. The predicted molar refractivity (Wildman–Crippen MR) is 76.6 cm³/mol. The van der Waals surface area contributed by atoms with E-state index in [4.69, 9.17) is 4.74 Å². The van der Waals surface area contributed by atoms with E-state index in [0.29, 0.717) is 18.4 Å². The first kappa shape index (κ1) is 13.5. The van der Waals surface area contributed by atoms with Crippen LogP contribution in [-0.4, -0.2) is 64.8 Å². The van der Waals surface area contributed by atoms with Crippen LogP contribution in [0.25, 0.3) is 5.57 Å². The highest BCUT2D eigenvalue weighted by Gasteiger charge is 2.27. The van der Waals surface area contributed by atoms with Crippen molar-refractivity contribution in [3.05, 3.63) is 11.8 Å². The van der Waals surface area contributed by atoms with Crippen LogP contribution in [0.3, 0.4) is 0 Å². The van der Waals surface area contributed by atoms with Crippen molar-refractivity contribution in [1.29, 1.82) is 0 Å². The van der Waals surface area contributed by atoms with Crippen LogP contribution in [0.4, 0.5) is 0 Å². The second-order valence-electron chi connectivity index (χ2n) is 5.41. The molecular weight excluding hydrogens is 276 g/mol. The topological polar surface area (TPSA) is 58.6 Å². The molecule has 7 heteroatoms. The summed E-state index contributed by atoms with van der Waals surface area (Å²) >= 11 is 1.19. The average Bonchev–Trinajstić information content (AvgIpc) is 2.85. The highest BCUT2D eigenvalue weighted by molar-refractivity contribution is 6.99. The van der Waals surface area contributed by atoms with Crippen LogP contribution >= 0.6 is 11.7 Å². The molecule has 108 valence electrons. The maximum atomic E-state index is 10.5. The summed E-state index contributed by atoms with van der Waals surface area (Å²) < 4.78 is 14.4. The van der Waals surface area contributed by atoms with Gasteiger partial charge in [0.25, 0.3) is 5.88 Å². The van der Waals surface area contributed by atoms with Crippen LogP contribution in [0.1, 0.15) is 12.1 Å². The van der Waals surface area contributed by atoms with Gasteiger partial charge in [-0.3, -0.25) is 4.79 Å². The van der Waals surface area contributed by atoms with Gasteiger partial charge in [0.2, 0.25) is 6.41 Å². The molecule has 2 aliphatic heterocycles. The number of likely N-dealkylation sites (N-methyl/N-ethyl adjacent to an activating group) is 1. The normalized spacial score (nSPS) is 20.4. The van der Waals surface area contributed by atoms with Crippen molar-refractivity contribution in [2.75, 3.05) is 39.8 Å². The summed E-state index contributed by atoms with van der Waals surface area (Å²) in [5, 5.41) is 0. The van der Waals surface area contributed by atoms with Gasteiger partial charge < -0.3 is 14.5 Å². The third kappa shape index (κ3) is 2.83. The third-order valence-corrected chi connectivity index (χ3v) is 4.21. The molecule has 0 spiro atoms. The molecule has 0 aromatic carbocycles. The zero-order chi connectivity index (χ0) is 13.9. The molecule has 1 fully saturated rings. The zero-order valence-corrected chi connectivity index (χ0v) is 12.3. The maximum absolute atomic E-state index is 10.5. The minimum atomic E-state index is 0.415. The first-order valence-electron chi connectivity index (χ1n) is 6.79. The summed E-state index contributed by atoms with van der Waals surface area (Å²) in [5.74, 6) is 1.05. The smallest absolute Gasteiger partial charge is 0.253 e. The van der Waals surface area contributed by atoms with Gasteiger partial charge in [-0.15, -0.1) is 4.37 Å². The monoisotopic (exact) mass is 294 g/mol. The van der Waals surface area contributed by atoms with Crippen molar-refractivity contribution in [2.45, 2.75) is 6.42 Å². The summed E-state index contributed by atoms with van der Waals surface area (Å²) in [6.45, 7) is 4.14. The predicted octanol–water partition coefficient (Wildman–Crippen LogP) is 0.724. The fraction of sp³-hybridized carbons (Fsp3) is 0.615. The van der Waals surface area contributed by atoms with Gasteiger partial charge in [0.05, 0.1) is 18.3 Å². The molecule has 1 amide bonds. The molecule has 0 radical (unpaired) electrons. The van der Waals surface area contributed by atoms with E-state index in [9.17, 15) is 4.79 Å². The molecule has 1 saturated heterocycles. The van der Waals surface area contributed by atoms with Crippen molar-refractivity contribution < 1.29 is 9.53 Å². The average molecular weight is 294 g/mol. The Balaban J connectivity index is 1.59. The van der Waals surface area contributed by atoms with Crippen LogP contribution < -0.4 is 4.74 Å². The van der Waals surface area contributed by atoms with Crippen molar-refractivity contribution in [3.8, 4) is 5.88 Å². The molecule has 20 heavy (non-hydrogen) atoms. The number of ether oxygens (including phenoxy) is 1. The summed E-state index contributed by atoms with van der Waals surface area (Å²) in [5.41, 5.74) is 2.08. The van der Waals surface area contributed by atoms with Crippen LogP contribution in [0.2, 0.25) is 0 Å². The highest BCUT2D eigenvalue weighted by atomic mass is 32.1. The standard InChI is InChI=1S/C13H18N4O2S/c1-16-4-2-3-11(7-16)12-13(15-20-14-12)19-8-10-5-17(6-10)9-18/h3,9-10H,2,4-8H2,1H3. The van der Waals surface area contributed by atoms with Crippen molar-refractivity contribution in [3.63, 3.8) is 0 Å². The number of hydrogen-bond donors (Lipinski definition) is 0. The van der Waals surface area contributed by atoms with E-state index < -0.39 is 0 Å². The van der Waals surface area contributed by atoms with E-state index in [1.54, 1.807) is 4.90 Å². The SMILES string of the molecule is CN1CCC=C(c2nsnc2OCC2CN(C=O)C2)C1. The molecule has 1 aromatic rings. The molecular formula is C13H18N4O2S. The first-order chi connectivity index (χ1) is 9.76.